The number of carbonyl (C=O) groups excluding carboxylic acids is 1. The Morgan fingerprint density at radius 1 is 1.29 bits per heavy atom. The fourth-order valence-corrected chi connectivity index (χ4v) is 3.60. The number of furan rings is 1. The van der Waals surface area contributed by atoms with E-state index in [1.807, 2.05) is 13.0 Å². The first-order chi connectivity index (χ1) is 11.6. The second kappa shape index (κ2) is 7.96. The maximum absolute atomic E-state index is 12.3. The van der Waals surface area contributed by atoms with E-state index in [4.69, 9.17) is 4.42 Å². The molecular weight excluding hydrogens is 322 g/mol. The summed E-state index contributed by atoms with van der Waals surface area (Å²) in [7, 11) is 2.14. The van der Waals surface area contributed by atoms with E-state index in [1.54, 1.807) is 17.4 Å². The summed E-state index contributed by atoms with van der Waals surface area (Å²) in [5.74, 6) is 1.12. The van der Waals surface area contributed by atoms with Crippen LogP contribution in [0, 0.1) is 0 Å². The zero-order chi connectivity index (χ0) is 16.9. The van der Waals surface area contributed by atoms with Crippen LogP contribution >= 0.6 is 11.3 Å². The van der Waals surface area contributed by atoms with Crippen molar-refractivity contribution in [3.05, 3.63) is 46.0 Å². The van der Waals surface area contributed by atoms with E-state index in [1.165, 1.54) is 5.56 Å². The van der Waals surface area contributed by atoms with Crippen LogP contribution in [0.1, 0.15) is 28.8 Å². The molecule has 24 heavy (non-hydrogen) atoms. The van der Waals surface area contributed by atoms with Gasteiger partial charge in [-0.3, -0.25) is 9.69 Å². The average Bonchev–Trinajstić information content (AvgIpc) is 3.21. The predicted molar refractivity (Wildman–Crippen MR) is 96.4 cm³/mol. The van der Waals surface area contributed by atoms with Crippen LogP contribution in [-0.4, -0.2) is 55.0 Å². The van der Waals surface area contributed by atoms with E-state index in [-0.39, 0.29) is 11.9 Å². The number of nitrogens with zero attached hydrogens (tertiary/aromatic N) is 2. The number of hydrogen-bond donors (Lipinski definition) is 1. The Balaban J connectivity index is 1.50. The van der Waals surface area contributed by atoms with Gasteiger partial charge in [0.25, 0.3) is 5.91 Å². The van der Waals surface area contributed by atoms with E-state index in [2.05, 4.69) is 39.0 Å². The molecule has 0 aromatic carbocycles. The highest BCUT2D eigenvalue weighted by molar-refractivity contribution is 7.07. The van der Waals surface area contributed by atoms with E-state index >= 15 is 0 Å². The molecule has 130 valence electrons. The van der Waals surface area contributed by atoms with Gasteiger partial charge in [0.1, 0.15) is 5.76 Å². The Bertz CT molecular complexity index is 645. The van der Waals surface area contributed by atoms with Crippen LogP contribution < -0.4 is 5.32 Å². The molecule has 0 aliphatic carbocycles. The topological polar surface area (TPSA) is 48.7 Å². The maximum Gasteiger partial charge on any atom is 0.287 e. The molecule has 1 saturated heterocycles. The van der Waals surface area contributed by atoms with Crippen LogP contribution in [0.25, 0.3) is 0 Å². The van der Waals surface area contributed by atoms with Gasteiger partial charge in [0, 0.05) is 32.2 Å². The third kappa shape index (κ3) is 4.69. The number of thiophene rings is 1. The summed E-state index contributed by atoms with van der Waals surface area (Å²) in [5, 5.41) is 7.18. The molecule has 5 nitrogen and oxygen atoms in total. The number of likely N-dealkylation sites (N-methyl/N-ethyl adjacent to an activating group) is 1. The fraction of sp³-hybridized carbons (Fsp3) is 0.500. The van der Waals surface area contributed by atoms with Gasteiger partial charge in [0.2, 0.25) is 0 Å². The van der Waals surface area contributed by atoms with Gasteiger partial charge in [-0.25, -0.2) is 0 Å². The van der Waals surface area contributed by atoms with Gasteiger partial charge in [0.15, 0.2) is 5.76 Å². The first-order valence-electron chi connectivity index (χ1n) is 8.41. The second-order valence-corrected chi connectivity index (χ2v) is 7.34. The third-order valence-electron chi connectivity index (χ3n) is 4.36. The highest BCUT2D eigenvalue weighted by Crippen LogP contribution is 2.13. The summed E-state index contributed by atoms with van der Waals surface area (Å²) in [6.45, 7) is 7.02. The van der Waals surface area contributed by atoms with Crippen LogP contribution in [0.15, 0.2) is 33.4 Å². The first-order valence-corrected chi connectivity index (χ1v) is 9.36. The molecule has 3 rings (SSSR count). The van der Waals surface area contributed by atoms with Gasteiger partial charge in [-0.2, -0.15) is 11.3 Å². The number of carbonyl (C=O) groups is 1. The van der Waals surface area contributed by atoms with Crippen LogP contribution in [-0.2, 0) is 13.0 Å². The molecule has 1 N–H and O–H groups in total. The van der Waals surface area contributed by atoms with Crippen molar-refractivity contribution in [2.75, 3.05) is 33.2 Å². The summed E-state index contributed by atoms with van der Waals surface area (Å²) in [4.78, 5) is 17.0. The summed E-state index contributed by atoms with van der Waals surface area (Å²) in [5.41, 5.74) is 1.25. The van der Waals surface area contributed by atoms with E-state index in [0.717, 1.165) is 44.9 Å². The van der Waals surface area contributed by atoms with Crippen LogP contribution in [0.4, 0.5) is 0 Å². The summed E-state index contributed by atoms with van der Waals surface area (Å²) >= 11 is 1.68. The van der Waals surface area contributed by atoms with Gasteiger partial charge in [-0.15, -0.1) is 0 Å². The van der Waals surface area contributed by atoms with E-state index in [0.29, 0.717) is 5.76 Å². The molecule has 1 aliphatic rings. The molecule has 6 heteroatoms. The van der Waals surface area contributed by atoms with Crippen molar-refractivity contribution in [2.45, 2.75) is 25.9 Å². The molecule has 0 saturated carbocycles. The van der Waals surface area contributed by atoms with Crippen LogP contribution in [0.5, 0.6) is 0 Å². The molecule has 3 heterocycles. The van der Waals surface area contributed by atoms with E-state index in [9.17, 15) is 4.79 Å². The van der Waals surface area contributed by atoms with Crippen molar-refractivity contribution < 1.29 is 9.21 Å². The lowest BCUT2D eigenvalue weighted by Crippen LogP contribution is -2.43. The molecule has 1 amide bonds. The highest BCUT2D eigenvalue weighted by atomic mass is 32.1. The summed E-state index contributed by atoms with van der Waals surface area (Å²) in [6, 6.07) is 5.86. The van der Waals surface area contributed by atoms with Crippen LogP contribution in [0.3, 0.4) is 0 Å². The summed E-state index contributed by atoms with van der Waals surface area (Å²) in [6.07, 6.45) is 0.837. The Kier molecular flexibility index (Phi) is 5.71. The largest absolute Gasteiger partial charge is 0.455 e. The SMILES string of the molecule is C[C@H](Cc1ccsc1)NC(=O)c1ccc(CN2CCN(C)CC2)o1. The Morgan fingerprint density at radius 2 is 2.08 bits per heavy atom. The van der Waals surface area contributed by atoms with Gasteiger partial charge in [0.05, 0.1) is 6.54 Å². The van der Waals surface area contributed by atoms with Gasteiger partial charge < -0.3 is 14.6 Å². The van der Waals surface area contributed by atoms with Crippen molar-refractivity contribution >= 4 is 17.2 Å². The average molecular weight is 347 g/mol. The lowest BCUT2D eigenvalue weighted by molar-refractivity contribution is 0.0905. The van der Waals surface area contributed by atoms with Gasteiger partial charge in [-0.05, 0) is 54.9 Å². The van der Waals surface area contributed by atoms with Crippen molar-refractivity contribution in [3.8, 4) is 0 Å². The molecule has 0 radical (unpaired) electrons. The second-order valence-electron chi connectivity index (χ2n) is 6.56. The lowest BCUT2D eigenvalue weighted by atomic mass is 10.1. The standard InChI is InChI=1S/C18H25N3O2S/c1-14(11-15-5-10-24-13-15)19-18(22)17-4-3-16(23-17)12-21-8-6-20(2)7-9-21/h3-5,10,13-14H,6-9,11-12H2,1-2H3,(H,19,22)/t14-/m1/s1. The molecule has 0 spiro atoms. The minimum Gasteiger partial charge on any atom is -0.455 e. The Labute approximate surface area is 147 Å². The molecule has 0 bridgehead atoms. The number of hydrogen-bond acceptors (Lipinski definition) is 5. The quantitative estimate of drug-likeness (QED) is 0.872. The summed E-state index contributed by atoms with van der Waals surface area (Å²) < 4.78 is 5.75. The monoisotopic (exact) mass is 347 g/mol. The number of nitrogens with one attached hydrogen (secondary N) is 1. The number of piperazine rings is 1. The van der Waals surface area contributed by atoms with Crippen molar-refractivity contribution in [1.29, 1.82) is 0 Å². The molecule has 1 fully saturated rings. The fourth-order valence-electron chi connectivity index (χ4n) is 2.92. The molecule has 1 aliphatic heterocycles. The Morgan fingerprint density at radius 3 is 2.79 bits per heavy atom. The molecule has 2 aromatic rings. The molecular formula is C18H25N3O2S. The minimum absolute atomic E-state index is 0.0817. The predicted octanol–water partition coefficient (Wildman–Crippen LogP) is 2.45. The number of amides is 1. The smallest absolute Gasteiger partial charge is 0.287 e. The first kappa shape index (κ1) is 17.2. The van der Waals surface area contributed by atoms with Crippen molar-refractivity contribution in [2.24, 2.45) is 0 Å². The third-order valence-corrected chi connectivity index (χ3v) is 5.09. The lowest BCUT2D eigenvalue weighted by Gasteiger charge is -2.31. The maximum atomic E-state index is 12.3. The van der Waals surface area contributed by atoms with Crippen molar-refractivity contribution in [3.63, 3.8) is 0 Å². The minimum atomic E-state index is -0.137. The van der Waals surface area contributed by atoms with Gasteiger partial charge in [-0.1, -0.05) is 0 Å². The normalized spacial score (nSPS) is 17.8. The van der Waals surface area contributed by atoms with Gasteiger partial charge >= 0.3 is 0 Å². The molecule has 0 unspecified atom stereocenters. The molecule has 1 atom stereocenters. The zero-order valence-corrected chi connectivity index (χ0v) is 15.1. The Hall–Kier alpha value is -1.63. The van der Waals surface area contributed by atoms with Crippen molar-refractivity contribution in [1.82, 2.24) is 15.1 Å². The van der Waals surface area contributed by atoms with Crippen LogP contribution in [0.2, 0.25) is 0 Å². The van der Waals surface area contributed by atoms with E-state index < -0.39 is 0 Å². The number of rotatable bonds is 6. The zero-order valence-electron chi connectivity index (χ0n) is 14.3. The molecule has 2 aromatic heterocycles. The highest BCUT2D eigenvalue weighted by Gasteiger charge is 2.18.